The number of furan rings is 1. The Balaban J connectivity index is 3.14. The fraction of sp³-hybridized carbons (Fsp3) is 0.615. The number of ether oxygens (including phenoxy) is 1. The summed E-state index contributed by atoms with van der Waals surface area (Å²) in [6.07, 6.45) is -0.209. The van der Waals surface area contributed by atoms with Crippen LogP contribution in [0.25, 0.3) is 10.4 Å². The Hall–Kier alpha value is -1.79. The summed E-state index contributed by atoms with van der Waals surface area (Å²) in [6, 6.07) is 1.41. The van der Waals surface area contributed by atoms with Crippen molar-refractivity contribution >= 4 is 13.6 Å². The minimum atomic E-state index is -3.44. The summed E-state index contributed by atoms with van der Waals surface area (Å²) in [5.41, 5.74) is 8.48. The van der Waals surface area contributed by atoms with Crippen molar-refractivity contribution in [1.82, 2.24) is 0 Å². The highest BCUT2D eigenvalue weighted by atomic mass is 31.2. The summed E-state index contributed by atoms with van der Waals surface area (Å²) in [4.78, 5) is 14.6. The molecule has 0 saturated carbocycles. The predicted octanol–water partition coefficient (Wildman–Crippen LogP) is 4.03. The monoisotopic (exact) mass is 345 g/mol. The van der Waals surface area contributed by atoms with E-state index in [2.05, 4.69) is 10.0 Å². The first-order valence-corrected chi connectivity index (χ1v) is 8.90. The fourth-order valence-corrected chi connectivity index (χ4v) is 3.49. The van der Waals surface area contributed by atoms with Crippen molar-refractivity contribution in [2.45, 2.75) is 33.5 Å². The van der Waals surface area contributed by atoms with Gasteiger partial charge in [-0.3, -0.25) is 4.57 Å². The number of carbonyl (C=O) groups is 1. The minimum absolute atomic E-state index is 0.0729. The van der Waals surface area contributed by atoms with Gasteiger partial charge in [0, 0.05) is 4.91 Å². The highest BCUT2D eigenvalue weighted by molar-refractivity contribution is 7.53. The zero-order valence-electron chi connectivity index (χ0n) is 13.4. The lowest BCUT2D eigenvalue weighted by Gasteiger charge is -2.16. The Morgan fingerprint density at radius 2 is 1.96 bits per heavy atom. The van der Waals surface area contributed by atoms with Crippen molar-refractivity contribution in [1.29, 1.82) is 0 Å². The van der Waals surface area contributed by atoms with Crippen LogP contribution in [-0.2, 0) is 31.1 Å². The van der Waals surface area contributed by atoms with Gasteiger partial charge in [0.1, 0.15) is 23.2 Å². The van der Waals surface area contributed by atoms with Crippen LogP contribution < -0.4 is 0 Å². The van der Waals surface area contributed by atoms with Crippen LogP contribution in [0.4, 0.5) is 0 Å². The molecule has 0 atom stereocenters. The van der Waals surface area contributed by atoms with Gasteiger partial charge in [-0.05, 0) is 32.4 Å². The number of hydrogen-bond donors (Lipinski definition) is 0. The van der Waals surface area contributed by atoms with Gasteiger partial charge in [0.25, 0.3) is 0 Å². The van der Waals surface area contributed by atoms with Gasteiger partial charge in [0.2, 0.25) is 0 Å². The highest BCUT2D eigenvalue weighted by Crippen LogP contribution is 2.52. The second kappa shape index (κ2) is 9.37. The van der Waals surface area contributed by atoms with E-state index in [4.69, 9.17) is 23.7 Å². The molecular formula is C13H20N3O6P. The molecule has 0 aliphatic carbocycles. The number of carbonyl (C=O) groups excluding carboxylic acids is 1. The molecule has 9 nitrogen and oxygen atoms in total. The third-order valence-corrected chi connectivity index (χ3v) is 4.61. The minimum Gasteiger partial charge on any atom is -0.464 e. The lowest BCUT2D eigenvalue weighted by molar-refractivity contribution is 0.0524. The predicted molar refractivity (Wildman–Crippen MR) is 82.1 cm³/mol. The second-order valence-corrected chi connectivity index (χ2v) is 6.32. The Labute approximate surface area is 134 Å². The molecule has 0 aromatic carbocycles. The van der Waals surface area contributed by atoms with Crippen LogP contribution in [0.1, 0.15) is 42.6 Å². The molecule has 0 amide bonds. The quantitative estimate of drug-likeness (QED) is 0.207. The van der Waals surface area contributed by atoms with Crippen molar-refractivity contribution in [3.05, 3.63) is 33.6 Å². The van der Waals surface area contributed by atoms with E-state index in [1.807, 2.05) is 0 Å². The van der Waals surface area contributed by atoms with Crippen molar-refractivity contribution in [3.8, 4) is 0 Å². The molecule has 0 unspecified atom stereocenters. The average molecular weight is 345 g/mol. The standard InChI is InChI=1S/C13H20N3O6P/c1-4-19-13(17)11-7-10(8-15-16-14)22-12(11)9-23(18,20-5-2)21-6-3/h7H,4-6,8-9H2,1-3H3. The van der Waals surface area contributed by atoms with Gasteiger partial charge in [-0.25, -0.2) is 4.79 Å². The number of hydrogen-bond acceptors (Lipinski definition) is 7. The van der Waals surface area contributed by atoms with E-state index in [1.165, 1.54) is 6.07 Å². The molecule has 0 fully saturated rings. The molecule has 0 radical (unpaired) electrons. The summed E-state index contributed by atoms with van der Waals surface area (Å²) in [6.45, 7) is 5.54. The first-order chi connectivity index (χ1) is 11.0. The van der Waals surface area contributed by atoms with E-state index >= 15 is 0 Å². The number of nitrogens with zero attached hydrogens (tertiary/aromatic N) is 3. The lowest BCUT2D eigenvalue weighted by atomic mass is 10.2. The maximum atomic E-state index is 12.6. The van der Waals surface area contributed by atoms with Gasteiger partial charge in [0.15, 0.2) is 0 Å². The molecule has 1 rings (SSSR count). The van der Waals surface area contributed by atoms with Crippen molar-refractivity contribution in [2.24, 2.45) is 5.11 Å². The molecule has 1 heterocycles. The van der Waals surface area contributed by atoms with E-state index in [9.17, 15) is 9.36 Å². The summed E-state index contributed by atoms with van der Waals surface area (Å²) in [5, 5.41) is 3.37. The lowest BCUT2D eigenvalue weighted by Crippen LogP contribution is -2.07. The average Bonchev–Trinajstić information content (AvgIpc) is 2.88. The van der Waals surface area contributed by atoms with Crippen LogP contribution in [0, 0.1) is 0 Å². The van der Waals surface area contributed by atoms with Crippen LogP contribution in [0.5, 0.6) is 0 Å². The van der Waals surface area contributed by atoms with Crippen LogP contribution in [0.15, 0.2) is 15.6 Å². The molecule has 0 saturated heterocycles. The SMILES string of the molecule is CCOC(=O)c1cc(CN=[N+]=[N-])oc1CP(=O)(OCC)OCC. The Bertz CT molecular complexity index is 613. The van der Waals surface area contributed by atoms with E-state index in [0.717, 1.165) is 0 Å². The Kier molecular flexibility index (Phi) is 7.85. The maximum absolute atomic E-state index is 12.6. The topological polar surface area (TPSA) is 124 Å². The van der Waals surface area contributed by atoms with Crippen LogP contribution in [0.2, 0.25) is 0 Å². The molecule has 0 aliphatic rings. The fourth-order valence-electron chi connectivity index (χ4n) is 1.86. The van der Waals surface area contributed by atoms with Crippen molar-refractivity contribution < 1.29 is 27.6 Å². The van der Waals surface area contributed by atoms with Crippen LogP contribution in [-0.4, -0.2) is 25.8 Å². The van der Waals surface area contributed by atoms with E-state index in [-0.39, 0.29) is 49.6 Å². The highest BCUT2D eigenvalue weighted by Gasteiger charge is 2.30. The van der Waals surface area contributed by atoms with E-state index in [0.29, 0.717) is 0 Å². The van der Waals surface area contributed by atoms with Gasteiger partial charge in [-0.15, -0.1) is 0 Å². The van der Waals surface area contributed by atoms with E-state index in [1.54, 1.807) is 20.8 Å². The number of azide groups is 1. The molecule has 10 heteroatoms. The molecule has 0 aliphatic heterocycles. The van der Waals surface area contributed by atoms with Crippen LogP contribution >= 0.6 is 7.60 Å². The summed E-state index contributed by atoms with van der Waals surface area (Å²) in [5.74, 6) is -0.227. The van der Waals surface area contributed by atoms with E-state index < -0.39 is 13.6 Å². The van der Waals surface area contributed by atoms with Gasteiger partial charge in [0.05, 0.1) is 26.4 Å². The Morgan fingerprint density at radius 3 is 2.48 bits per heavy atom. The zero-order chi connectivity index (χ0) is 17.3. The van der Waals surface area contributed by atoms with Gasteiger partial charge < -0.3 is 18.2 Å². The summed E-state index contributed by atoms with van der Waals surface area (Å²) in [7, 11) is -3.44. The normalized spacial score (nSPS) is 11.1. The molecular weight excluding hydrogens is 325 g/mol. The van der Waals surface area contributed by atoms with Gasteiger partial charge in [-0.2, -0.15) is 0 Å². The first kappa shape index (κ1) is 19.3. The van der Waals surface area contributed by atoms with Gasteiger partial charge >= 0.3 is 13.6 Å². The van der Waals surface area contributed by atoms with Crippen LogP contribution in [0.3, 0.4) is 0 Å². The number of rotatable bonds is 10. The van der Waals surface area contributed by atoms with Crippen molar-refractivity contribution in [2.75, 3.05) is 19.8 Å². The zero-order valence-corrected chi connectivity index (χ0v) is 14.2. The van der Waals surface area contributed by atoms with Gasteiger partial charge in [-0.1, -0.05) is 5.11 Å². The molecule has 0 bridgehead atoms. The number of esters is 1. The third-order valence-electron chi connectivity index (χ3n) is 2.63. The largest absolute Gasteiger partial charge is 0.464 e. The second-order valence-electron chi connectivity index (χ2n) is 4.26. The smallest absolute Gasteiger partial charge is 0.341 e. The molecule has 0 N–H and O–H groups in total. The molecule has 1 aromatic rings. The van der Waals surface area contributed by atoms with Crippen molar-refractivity contribution in [3.63, 3.8) is 0 Å². The summed E-state index contributed by atoms with van der Waals surface area (Å²) < 4.78 is 33.4. The first-order valence-electron chi connectivity index (χ1n) is 7.17. The summed E-state index contributed by atoms with van der Waals surface area (Å²) >= 11 is 0. The third kappa shape index (κ3) is 5.73. The molecule has 1 aromatic heterocycles. The Morgan fingerprint density at radius 1 is 1.30 bits per heavy atom. The molecule has 128 valence electrons. The molecule has 23 heavy (non-hydrogen) atoms. The molecule has 0 spiro atoms. The maximum Gasteiger partial charge on any atom is 0.341 e.